The predicted molar refractivity (Wildman–Crippen MR) is 92.6 cm³/mol. The monoisotopic (exact) mass is 352 g/mol. The fraction of sp³-hybridized carbons (Fsp3) is 0.600. The van der Waals surface area contributed by atoms with Crippen molar-refractivity contribution in [3.05, 3.63) is 27.2 Å². The van der Waals surface area contributed by atoms with Gasteiger partial charge in [0.05, 0.1) is 5.02 Å². The summed E-state index contributed by atoms with van der Waals surface area (Å²) in [4.78, 5) is 4.77. The summed E-state index contributed by atoms with van der Waals surface area (Å²) < 4.78 is 5.84. The number of hydrogen-bond donors (Lipinski definition) is 0. The molecule has 0 unspecified atom stereocenters. The molecule has 1 aliphatic heterocycles. The molecular formula is C15H23Cl3N2O. The summed E-state index contributed by atoms with van der Waals surface area (Å²) in [6.07, 6.45) is 0. The first-order valence-corrected chi connectivity index (χ1v) is 7.73. The van der Waals surface area contributed by atoms with Crippen molar-refractivity contribution in [2.45, 2.75) is 13.8 Å². The second-order valence-electron chi connectivity index (χ2n) is 5.44. The minimum absolute atomic E-state index is 0. The van der Waals surface area contributed by atoms with Gasteiger partial charge in [-0.1, -0.05) is 23.2 Å². The van der Waals surface area contributed by atoms with E-state index in [0.717, 1.165) is 54.6 Å². The van der Waals surface area contributed by atoms with Gasteiger partial charge < -0.3 is 9.64 Å². The van der Waals surface area contributed by atoms with Gasteiger partial charge in [0.25, 0.3) is 0 Å². The highest BCUT2D eigenvalue weighted by Crippen LogP contribution is 2.35. The van der Waals surface area contributed by atoms with Gasteiger partial charge in [-0.25, -0.2) is 0 Å². The van der Waals surface area contributed by atoms with Crippen LogP contribution in [-0.2, 0) is 0 Å². The Kier molecular flexibility index (Phi) is 7.58. The van der Waals surface area contributed by atoms with Crippen molar-refractivity contribution < 1.29 is 4.74 Å². The zero-order valence-electron chi connectivity index (χ0n) is 12.8. The fourth-order valence-electron chi connectivity index (χ4n) is 2.36. The third-order valence-corrected chi connectivity index (χ3v) is 4.88. The van der Waals surface area contributed by atoms with E-state index in [0.29, 0.717) is 11.6 Å². The molecule has 0 radical (unpaired) electrons. The molecule has 0 bridgehead atoms. The Morgan fingerprint density at radius 3 is 2.33 bits per heavy atom. The lowest BCUT2D eigenvalue weighted by atomic mass is 10.1. The molecule has 0 saturated carbocycles. The molecule has 0 amide bonds. The van der Waals surface area contributed by atoms with E-state index in [9.17, 15) is 0 Å². The van der Waals surface area contributed by atoms with Crippen LogP contribution in [0.2, 0.25) is 10.0 Å². The highest BCUT2D eigenvalue weighted by molar-refractivity contribution is 6.37. The van der Waals surface area contributed by atoms with Crippen LogP contribution >= 0.6 is 35.6 Å². The number of piperazine rings is 1. The minimum atomic E-state index is 0. The van der Waals surface area contributed by atoms with E-state index in [4.69, 9.17) is 27.9 Å². The van der Waals surface area contributed by atoms with Crippen LogP contribution in [0.1, 0.15) is 11.1 Å². The molecule has 1 aliphatic rings. The van der Waals surface area contributed by atoms with Crippen LogP contribution in [0.15, 0.2) is 6.07 Å². The molecule has 0 atom stereocenters. The van der Waals surface area contributed by atoms with Crippen molar-refractivity contribution in [1.29, 1.82) is 0 Å². The van der Waals surface area contributed by atoms with Gasteiger partial charge >= 0.3 is 0 Å². The zero-order valence-corrected chi connectivity index (χ0v) is 15.1. The van der Waals surface area contributed by atoms with Gasteiger partial charge in [-0.05, 0) is 38.1 Å². The van der Waals surface area contributed by atoms with E-state index in [1.807, 2.05) is 19.9 Å². The predicted octanol–water partition coefficient (Wildman–Crippen LogP) is 3.66. The number of halogens is 3. The number of rotatable bonds is 4. The lowest BCUT2D eigenvalue weighted by molar-refractivity contribution is 0.134. The van der Waals surface area contributed by atoms with E-state index in [-0.39, 0.29) is 12.4 Å². The van der Waals surface area contributed by atoms with Crippen LogP contribution < -0.4 is 4.74 Å². The molecule has 1 saturated heterocycles. The molecule has 3 nitrogen and oxygen atoms in total. The number of benzene rings is 1. The maximum Gasteiger partial charge on any atom is 0.138 e. The number of ether oxygens (including phenoxy) is 1. The third kappa shape index (κ3) is 4.90. The first kappa shape index (κ1) is 18.9. The highest BCUT2D eigenvalue weighted by Gasteiger charge is 2.15. The zero-order chi connectivity index (χ0) is 14.7. The van der Waals surface area contributed by atoms with Gasteiger partial charge in [-0.3, -0.25) is 4.90 Å². The molecule has 1 fully saturated rings. The summed E-state index contributed by atoms with van der Waals surface area (Å²) >= 11 is 12.5. The summed E-state index contributed by atoms with van der Waals surface area (Å²) in [5.74, 6) is 0.736. The van der Waals surface area contributed by atoms with Crippen molar-refractivity contribution in [3.8, 4) is 5.75 Å². The molecular weight excluding hydrogens is 331 g/mol. The smallest absolute Gasteiger partial charge is 0.138 e. The first-order valence-electron chi connectivity index (χ1n) is 6.98. The largest absolute Gasteiger partial charge is 0.491 e. The number of hydrogen-bond acceptors (Lipinski definition) is 3. The first-order chi connectivity index (χ1) is 9.49. The molecule has 0 spiro atoms. The normalized spacial score (nSPS) is 16.6. The van der Waals surface area contributed by atoms with Gasteiger partial charge in [0, 0.05) is 37.7 Å². The van der Waals surface area contributed by atoms with Gasteiger partial charge in [-0.15, -0.1) is 12.4 Å². The molecule has 0 N–H and O–H groups in total. The van der Waals surface area contributed by atoms with E-state index in [2.05, 4.69) is 16.8 Å². The summed E-state index contributed by atoms with van der Waals surface area (Å²) in [6.45, 7) is 9.94. The second kappa shape index (κ2) is 8.44. The Bertz CT molecular complexity index is 474. The molecule has 1 aromatic rings. The second-order valence-corrected chi connectivity index (χ2v) is 6.19. The number of nitrogens with zero attached hydrogens (tertiary/aromatic N) is 2. The van der Waals surface area contributed by atoms with Crippen LogP contribution in [0.25, 0.3) is 0 Å². The molecule has 1 heterocycles. The van der Waals surface area contributed by atoms with Crippen molar-refractivity contribution in [1.82, 2.24) is 9.80 Å². The van der Waals surface area contributed by atoms with Gasteiger partial charge in [-0.2, -0.15) is 0 Å². The van der Waals surface area contributed by atoms with Crippen LogP contribution in [0.5, 0.6) is 5.75 Å². The Balaban J connectivity index is 0.00000220. The quantitative estimate of drug-likeness (QED) is 0.821. The van der Waals surface area contributed by atoms with Crippen LogP contribution in [0.3, 0.4) is 0 Å². The van der Waals surface area contributed by atoms with Crippen LogP contribution in [-0.4, -0.2) is 56.2 Å². The molecule has 21 heavy (non-hydrogen) atoms. The molecule has 6 heteroatoms. The Hall–Kier alpha value is -0.190. The van der Waals surface area contributed by atoms with Crippen LogP contribution in [0, 0.1) is 13.8 Å². The SMILES string of the molecule is Cc1cc(OCCN2CCN(C)CC2)c(Cl)c(C)c1Cl.Cl. The molecule has 0 aliphatic carbocycles. The number of aryl methyl sites for hydroxylation is 1. The van der Waals surface area contributed by atoms with Gasteiger partial charge in [0.15, 0.2) is 0 Å². The Morgan fingerprint density at radius 1 is 1.10 bits per heavy atom. The van der Waals surface area contributed by atoms with Crippen molar-refractivity contribution in [2.75, 3.05) is 46.4 Å². The van der Waals surface area contributed by atoms with Crippen molar-refractivity contribution >= 4 is 35.6 Å². The lowest BCUT2D eigenvalue weighted by Gasteiger charge is -2.32. The van der Waals surface area contributed by atoms with E-state index >= 15 is 0 Å². The van der Waals surface area contributed by atoms with Crippen molar-refractivity contribution in [3.63, 3.8) is 0 Å². The van der Waals surface area contributed by atoms with E-state index < -0.39 is 0 Å². The van der Waals surface area contributed by atoms with Crippen LogP contribution in [0.4, 0.5) is 0 Å². The Morgan fingerprint density at radius 2 is 1.71 bits per heavy atom. The maximum atomic E-state index is 6.28. The summed E-state index contributed by atoms with van der Waals surface area (Å²) in [7, 11) is 2.16. The average molecular weight is 354 g/mol. The van der Waals surface area contributed by atoms with Gasteiger partial charge in [0.1, 0.15) is 12.4 Å². The molecule has 2 rings (SSSR count). The average Bonchev–Trinajstić information content (AvgIpc) is 2.44. The standard InChI is InChI=1S/C15H22Cl2N2O.ClH/c1-11-10-13(15(17)12(2)14(11)16)20-9-8-19-6-4-18(3)5-7-19;/h10H,4-9H2,1-3H3;1H. The molecule has 1 aromatic carbocycles. The summed E-state index contributed by atoms with van der Waals surface area (Å²) in [5.41, 5.74) is 1.89. The highest BCUT2D eigenvalue weighted by atomic mass is 35.5. The summed E-state index contributed by atoms with van der Waals surface area (Å²) in [6, 6.07) is 1.92. The lowest BCUT2D eigenvalue weighted by Crippen LogP contribution is -2.45. The van der Waals surface area contributed by atoms with Crippen molar-refractivity contribution in [2.24, 2.45) is 0 Å². The molecule has 120 valence electrons. The Labute approximate surface area is 143 Å². The third-order valence-electron chi connectivity index (χ3n) is 3.83. The topological polar surface area (TPSA) is 15.7 Å². The fourth-order valence-corrected chi connectivity index (χ4v) is 2.76. The molecule has 0 aromatic heterocycles. The summed E-state index contributed by atoms with van der Waals surface area (Å²) in [5, 5.41) is 1.35. The van der Waals surface area contributed by atoms with Gasteiger partial charge in [0.2, 0.25) is 0 Å². The number of likely N-dealkylation sites (N-methyl/N-ethyl adjacent to an activating group) is 1. The minimum Gasteiger partial charge on any atom is -0.491 e. The maximum absolute atomic E-state index is 6.28. The van der Waals surface area contributed by atoms with E-state index in [1.54, 1.807) is 0 Å². The van der Waals surface area contributed by atoms with E-state index in [1.165, 1.54) is 0 Å².